The first-order valence-corrected chi connectivity index (χ1v) is 8.18. The van der Waals surface area contributed by atoms with Crippen molar-refractivity contribution < 1.29 is 37.0 Å². The average Bonchev–Trinajstić information content (AvgIpc) is 2.59. The summed E-state index contributed by atoms with van der Waals surface area (Å²) >= 11 is 0. The van der Waals surface area contributed by atoms with Gasteiger partial charge in [-0.05, 0) is 42.3 Å². The number of benzene rings is 2. The molecule has 2 atom stereocenters. The predicted octanol–water partition coefficient (Wildman–Crippen LogP) is 4.16. The van der Waals surface area contributed by atoms with Crippen LogP contribution in [0.25, 0.3) is 0 Å². The van der Waals surface area contributed by atoms with E-state index in [0.29, 0.717) is 5.56 Å². The Morgan fingerprint density at radius 2 is 1.75 bits per heavy atom. The lowest BCUT2D eigenvalue weighted by molar-refractivity contribution is -0.274. The van der Waals surface area contributed by atoms with Gasteiger partial charge in [0.1, 0.15) is 11.6 Å². The van der Waals surface area contributed by atoms with E-state index >= 15 is 0 Å². The number of carboxylic acids is 1. The summed E-state index contributed by atoms with van der Waals surface area (Å²) < 4.78 is 53.8. The third-order valence-corrected chi connectivity index (χ3v) is 3.95. The van der Waals surface area contributed by atoms with Gasteiger partial charge >= 0.3 is 12.3 Å². The van der Waals surface area contributed by atoms with E-state index in [1.807, 2.05) is 0 Å². The summed E-state index contributed by atoms with van der Waals surface area (Å²) in [4.78, 5) is 23.6. The molecule has 2 rings (SSSR count). The Morgan fingerprint density at radius 3 is 2.29 bits per heavy atom. The van der Waals surface area contributed by atoms with Gasteiger partial charge in [0.2, 0.25) is 5.91 Å². The van der Waals surface area contributed by atoms with Crippen molar-refractivity contribution in [3.8, 4) is 5.75 Å². The summed E-state index contributed by atoms with van der Waals surface area (Å²) in [6, 6.07) is 8.97. The number of halogens is 4. The molecule has 0 aromatic heterocycles. The first-order valence-electron chi connectivity index (χ1n) is 8.18. The van der Waals surface area contributed by atoms with Crippen molar-refractivity contribution in [2.45, 2.75) is 31.7 Å². The van der Waals surface area contributed by atoms with Gasteiger partial charge in [0.05, 0.1) is 18.4 Å². The first kappa shape index (κ1) is 21.2. The Balaban J connectivity index is 2.17. The third kappa shape index (κ3) is 6.26. The molecule has 0 radical (unpaired) electrons. The van der Waals surface area contributed by atoms with Crippen LogP contribution in [-0.4, -0.2) is 23.3 Å². The molecule has 28 heavy (non-hydrogen) atoms. The Kier molecular flexibility index (Phi) is 6.61. The van der Waals surface area contributed by atoms with E-state index in [0.717, 1.165) is 12.1 Å². The van der Waals surface area contributed by atoms with Crippen LogP contribution in [0.1, 0.15) is 36.4 Å². The molecule has 2 aromatic carbocycles. The number of carbonyl (C=O) groups excluding carboxylic acids is 1. The second kappa shape index (κ2) is 8.73. The number of nitrogens with one attached hydrogen (secondary N) is 1. The highest BCUT2D eigenvalue weighted by Crippen LogP contribution is 2.26. The first-order chi connectivity index (χ1) is 13.0. The molecule has 0 fully saturated rings. The predicted molar refractivity (Wildman–Crippen MR) is 91.1 cm³/mol. The highest BCUT2D eigenvalue weighted by Gasteiger charge is 2.31. The van der Waals surface area contributed by atoms with E-state index in [2.05, 4.69) is 10.1 Å². The Bertz CT molecular complexity index is 837. The summed E-state index contributed by atoms with van der Waals surface area (Å²) in [5.41, 5.74) is 0.692. The highest BCUT2D eigenvalue weighted by atomic mass is 19.4. The Hall–Kier alpha value is -3.10. The fourth-order valence-electron chi connectivity index (χ4n) is 2.55. The second-order valence-electron chi connectivity index (χ2n) is 6.05. The number of carboxylic acid groups (broad SMARTS) is 1. The van der Waals surface area contributed by atoms with E-state index in [-0.39, 0.29) is 5.56 Å². The number of ether oxygens (including phenoxy) is 1. The molecule has 2 N–H and O–H groups in total. The molecule has 0 aliphatic carbocycles. The Morgan fingerprint density at radius 1 is 1.11 bits per heavy atom. The lowest BCUT2D eigenvalue weighted by Crippen LogP contribution is -2.33. The summed E-state index contributed by atoms with van der Waals surface area (Å²) in [6.45, 7) is 1.53. The third-order valence-electron chi connectivity index (χ3n) is 3.95. The van der Waals surface area contributed by atoms with E-state index in [1.165, 1.54) is 37.3 Å². The van der Waals surface area contributed by atoms with Crippen LogP contribution in [-0.2, 0) is 9.59 Å². The number of hydrogen-bond acceptors (Lipinski definition) is 3. The molecule has 0 spiro atoms. The lowest BCUT2D eigenvalue weighted by Gasteiger charge is -2.21. The second-order valence-corrected chi connectivity index (χ2v) is 6.05. The van der Waals surface area contributed by atoms with Crippen molar-refractivity contribution in [1.29, 1.82) is 0 Å². The average molecular weight is 399 g/mol. The van der Waals surface area contributed by atoms with Crippen LogP contribution in [0.2, 0.25) is 0 Å². The van der Waals surface area contributed by atoms with Gasteiger partial charge in [0.15, 0.2) is 0 Å². The van der Waals surface area contributed by atoms with Crippen molar-refractivity contribution in [3.05, 3.63) is 65.5 Å². The summed E-state index contributed by atoms with van der Waals surface area (Å²) in [7, 11) is 0. The van der Waals surface area contributed by atoms with Crippen molar-refractivity contribution in [1.82, 2.24) is 5.32 Å². The van der Waals surface area contributed by atoms with Crippen LogP contribution in [0.5, 0.6) is 5.75 Å². The molecular formula is C19H17F4NO4. The fourth-order valence-corrected chi connectivity index (χ4v) is 2.55. The molecule has 5 nitrogen and oxygen atoms in total. The number of carbonyl (C=O) groups is 2. The molecule has 150 valence electrons. The van der Waals surface area contributed by atoms with E-state index in [9.17, 15) is 27.2 Å². The minimum absolute atomic E-state index is 0.289. The van der Waals surface area contributed by atoms with Gasteiger partial charge < -0.3 is 15.2 Å². The van der Waals surface area contributed by atoms with E-state index < -0.39 is 48.2 Å². The molecular weight excluding hydrogens is 382 g/mol. The van der Waals surface area contributed by atoms with Gasteiger partial charge in [0, 0.05) is 0 Å². The summed E-state index contributed by atoms with van der Waals surface area (Å²) in [5.74, 6) is -3.50. The van der Waals surface area contributed by atoms with Crippen LogP contribution < -0.4 is 10.1 Å². The maximum Gasteiger partial charge on any atom is 0.573 e. The zero-order valence-electron chi connectivity index (χ0n) is 14.7. The lowest BCUT2D eigenvalue weighted by atomic mass is 9.98. The number of amides is 1. The summed E-state index contributed by atoms with van der Waals surface area (Å²) in [6.07, 6.45) is -5.34. The van der Waals surface area contributed by atoms with E-state index in [1.54, 1.807) is 6.07 Å². The van der Waals surface area contributed by atoms with Crippen LogP contribution in [0.15, 0.2) is 48.5 Å². The topological polar surface area (TPSA) is 75.6 Å². The summed E-state index contributed by atoms with van der Waals surface area (Å²) in [5, 5.41) is 11.6. The molecule has 9 heteroatoms. The fraction of sp³-hybridized carbons (Fsp3) is 0.263. The Labute approximate surface area is 157 Å². The number of hydrogen-bond donors (Lipinski definition) is 2. The zero-order chi connectivity index (χ0) is 20.9. The molecule has 0 saturated heterocycles. The van der Waals surface area contributed by atoms with Gasteiger partial charge in [-0.3, -0.25) is 9.59 Å². The molecule has 0 heterocycles. The quantitative estimate of drug-likeness (QED) is 0.686. The van der Waals surface area contributed by atoms with Gasteiger partial charge in [-0.25, -0.2) is 4.39 Å². The smallest absolute Gasteiger partial charge is 0.481 e. The largest absolute Gasteiger partial charge is 0.573 e. The van der Waals surface area contributed by atoms with Crippen molar-refractivity contribution in [3.63, 3.8) is 0 Å². The maximum atomic E-state index is 13.3. The van der Waals surface area contributed by atoms with Crippen LogP contribution in [0.3, 0.4) is 0 Å². The normalized spacial score (nSPS) is 13.5. The molecule has 2 aromatic rings. The number of alkyl halides is 3. The van der Waals surface area contributed by atoms with Crippen LogP contribution in [0, 0.1) is 5.82 Å². The molecule has 0 aliphatic rings. The number of rotatable bonds is 7. The molecule has 2 unspecified atom stereocenters. The van der Waals surface area contributed by atoms with Crippen molar-refractivity contribution >= 4 is 11.9 Å². The zero-order valence-corrected chi connectivity index (χ0v) is 14.7. The van der Waals surface area contributed by atoms with Crippen molar-refractivity contribution in [2.24, 2.45) is 0 Å². The highest BCUT2D eigenvalue weighted by molar-refractivity contribution is 5.84. The monoisotopic (exact) mass is 399 g/mol. The minimum Gasteiger partial charge on any atom is -0.481 e. The maximum absolute atomic E-state index is 13.3. The molecule has 0 aliphatic heterocycles. The molecule has 0 saturated carbocycles. The van der Waals surface area contributed by atoms with Crippen LogP contribution in [0.4, 0.5) is 17.6 Å². The standard InChI is InChI=1S/C19H17F4NO4/c1-11(13-3-2-4-14(20)9-13)18(27)24-16(10-17(25)26)12-5-7-15(8-6-12)28-19(21,22)23/h2-9,11,16H,10H2,1H3,(H,24,27)(H,25,26). The van der Waals surface area contributed by atoms with Crippen LogP contribution >= 0.6 is 0 Å². The molecule has 0 bridgehead atoms. The molecule has 1 amide bonds. The van der Waals surface area contributed by atoms with Gasteiger partial charge in [-0.15, -0.1) is 13.2 Å². The van der Waals surface area contributed by atoms with Gasteiger partial charge in [-0.2, -0.15) is 0 Å². The van der Waals surface area contributed by atoms with Gasteiger partial charge in [0.25, 0.3) is 0 Å². The van der Waals surface area contributed by atoms with Crippen molar-refractivity contribution in [2.75, 3.05) is 0 Å². The van der Waals surface area contributed by atoms with E-state index in [4.69, 9.17) is 5.11 Å². The van der Waals surface area contributed by atoms with Gasteiger partial charge in [-0.1, -0.05) is 24.3 Å². The number of aliphatic carboxylic acids is 1. The SMILES string of the molecule is CC(C(=O)NC(CC(=O)O)c1ccc(OC(F)(F)F)cc1)c1cccc(F)c1. The minimum atomic E-state index is -4.85.